The lowest BCUT2D eigenvalue weighted by molar-refractivity contribution is -0.137. The van der Waals surface area contributed by atoms with Crippen molar-refractivity contribution >= 4 is 23.3 Å². The zero-order chi connectivity index (χ0) is 21.0. The number of hydrogen-bond donors (Lipinski definition) is 3. The first kappa shape index (κ1) is 22.0. The number of likely N-dealkylation sites (tertiary alicyclic amines) is 1. The van der Waals surface area contributed by atoms with Gasteiger partial charge in [-0.1, -0.05) is 0 Å². The molecule has 0 aliphatic carbocycles. The predicted octanol–water partition coefficient (Wildman–Crippen LogP) is 2.31. The van der Waals surface area contributed by atoms with Crippen molar-refractivity contribution in [1.29, 1.82) is 0 Å². The highest BCUT2D eigenvalue weighted by Gasteiger charge is 2.25. The van der Waals surface area contributed by atoms with Gasteiger partial charge < -0.3 is 26.0 Å². The molecule has 28 heavy (non-hydrogen) atoms. The van der Waals surface area contributed by atoms with E-state index in [-0.39, 0.29) is 24.9 Å². The Balaban J connectivity index is 1.91. The number of aliphatic carboxylic acids is 1. The average Bonchev–Trinajstić information content (AvgIpc) is 2.68. The van der Waals surface area contributed by atoms with Crippen LogP contribution in [0.2, 0.25) is 0 Å². The van der Waals surface area contributed by atoms with Crippen molar-refractivity contribution in [2.75, 3.05) is 44.3 Å². The van der Waals surface area contributed by atoms with Crippen LogP contribution in [0.1, 0.15) is 41.5 Å². The van der Waals surface area contributed by atoms with Gasteiger partial charge >= 0.3 is 5.97 Å². The predicted molar refractivity (Wildman–Crippen MR) is 113 cm³/mol. The molecule has 0 atom stereocenters. The van der Waals surface area contributed by atoms with Gasteiger partial charge in [0.1, 0.15) is 0 Å². The van der Waals surface area contributed by atoms with Gasteiger partial charge in [-0.05, 0) is 62.8 Å². The fourth-order valence-electron chi connectivity index (χ4n) is 3.88. The summed E-state index contributed by atoms with van der Waals surface area (Å²) in [6.45, 7) is 10.6. The van der Waals surface area contributed by atoms with Crippen molar-refractivity contribution in [3.8, 4) is 0 Å². The van der Waals surface area contributed by atoms with Crippen LogP contribution in [0.3, 0.4) is 0 Å². The number of amides is 1. The summed E-state index contributed by atoms with van der Waals surface area (Å²) in [5, 5.41) is 12.1. The van der Waals surface area contributed by atoms with E-state index in [4.69, 9.17) is 10.8 Å². The van der Waals surface area contributed by atoms with Crippen molar-refractivity contribution < 1.29 is 14.7 Å². The number of carbonyl (C=O) groups excluding carboxylic acids is 1. The molecule has 1 amide bonds. The summed E-state index contributed by atoms with van der Waals surface area (Å²) in [6, 6.07) is 0.201. The Bertz CT molecular complexity index is 711. The number of nitrogens with two attached hydrogens (primary N) is 1. The van der Waals surface area contributed by atoms with Gasteiger partial charge in [-0.3, -0.25) is 9.59 Å². The fourth-order valence-corrected chi connectivity index (χ4v) is 3.88. The van der Waals surface area contributed by atoms with Gasteiger partial charge in [0.05, 0.1) is 13.0 Å². The molecule has 0 unspecified atom stereocenters. The zero-order valence-electron chi connectivity index (χ0n) is 17.8. The second-order valence-electron chi connectivity index (χ2n) is 7.86. The van der Waals surface area contributed by atoms with Gasteiger partial charge in [0.15, 0.2) is 0 Å². The Hall–Kier alpha value is -2.28. The number of carboxylic acid groups (broad SMARTS) is 1. The maximum absolute atomic E-state index is 12.7. The van der Waals surface area contributed by atoms with Crippen LogP contribution in [0, 0.1) is 27.7 Å². The van der Waals surface area contributed by atoms with Gasteiger partial charge in [-0.15, -0.1) is 0 Å². The molecular weight excluding hydrogens is 356 g/mol. The molecule has 0 radical (unpaired) electrons. The number of piperidine rings is 1. The van der Waals surface area contributed by atoms with Gasteiger partial charge in [0.2, 0.25) is 5.91 Å². The molecule has 2 rings (SSSR count). The normalized spacial score (nSPS) is 15.5. The van der Waals surface area contributed by atoms with Crippen LogP contribution < -0.4 is 11.1 Å². The summed E-state index contributed by atoms with van der Waals surface area (Å²) in [5.74, 6) is -0.700. The van der Waals surface area contributed by atoms with Crippen molar-refractivity contribution in [1.82, 2.24) is 9.80 Å². The third kappa shape index (κ3) is 4.95. The lowest BCUT2D eigenvalue weighted by atomic mass is 9.96. The number of carbonyl (C=O) groups is 2. The number of rotatable bonds is 7. The smallest absolute Gasteiger partial charge is 0.304 e. The minimum atomic E-state index is -0.765. The van der Waals surface area contributed by atoms with E-state index in [1.807, 2.05) is 39.6 Å². The minimum Gasteiger partial charge on any atom is -0.481 e. The summed E-state index contributed by atoms with van der Waals surface area (Å²) in [4.78, 5) is 27.4. The second kappa shape index (κ2) is 9.28. The molecule has 0 saturated carbocycles. The van der Waals surface area contributed by atoms with E-state index < -0.39 is 5.97 Å². The third-order valence-corrected chi connectivity index (χ3v) is 6.24. The Morgan fingerprint density at radius 3 is 2.14 bits per heavy atom. The number of nitrogens with one attached hydrogen (secondary N) is 1. The van der Waals surface area contributed by atoms with Gasteiger partial charge in [-0.2, -0.15) is 0 Å². The molecule has 0 aromatic heterocycles. The Kier molecular flexibility index (Phi) is 7.29. The monoisotopic (exact) mass is 390 g/mol. The number of anilines is 2. The van der Waals surface area contributed by atoms with Gasteiger partial charge in [0, 0.05) is 44.1 Å². The summed E-state index contributed by atoms with van der Waals surface area (Å²) in [6.07, 6.45) is 1.92. The van der Waals surface area contributed by atoms with Crippen molar-refractivity contribution in [2.24, 2.45) is 0 Å². The number of hydrogen-bond acceptors (Lipinski definition) is 5. The molecule has 0 spiro atoms. The van der Waals surface area contributed by atoms with Crippen LogP contribution >= 0.6 is 0 Å². The van der Waals surface area contributed by atoms with Gasteiger partial charge in [-0.25, -0.2) is 0 Å². The molecule has 1 aliphatic heterocycles. The minimum absolute atomic E-state index is 0.0647. The molecule has 7 heteroatoms. The molecule has 1 aliphatic rings. The molecule has 1 aromatic rings. The first-order chi connectivity index (χ1) is 13.1. The fraction of sp³-hybridized carbons (Fsp3) is 0.619. The van der Waals surface area contributed by atoms with E-state index in [2.05, 4.69) is 10.2 Å². The third-order valence-electron chi connectivity index (χ3n) is 6.24. The second-order valence-corrected chi connectivity index (χ2v) is 7.86. The Labute approximate surface area is 167 Å². The van der Waals surface area contributed by atoms with E-state index in [1.165, 1.54) is 0 Å². The highest BCUT2D eigenvalue weighted by Crippen LogP contribution is 2.32. The Morgan fingerprint density at radius 2 is 1.64 bits per heavy atom. The summed E-state index contributed by atoms with van der Waals surface area (Å²) >= 11 is 0. The summed E-state index contributed by atoms with van der Waals surface area (Å²) < 4.78 is 0. The highest BCUT2D eigenvalue weighted by molar-refractivity contribution is 5.82. The van der Waals surface area contributed by atoms with Crippen LogP contribution in [-0.2, 0) is 9.59 Å². The number of carboxylic acids is 1. The largest absolute Gasteiger partial charge is 0.481 e. The van der Waals surface area contributed by atoms with Crippen LogP contribution in [0.25, 0.3) is 0 Å². The summed E-state index contributed by atoms with van der Waals surface area (Å²) in [7, 11) is 1.86. The van der Waals surface area contributed by atoms with Crippen molar-refractivity contribution in [3.05, 3.63) is 22.3 Å². The molecule has 4 N–H and O–H groups in total. The average molecular weight is 391 g/mol. The van der Waals surface area contributed by atoms with E-state index >= 15 is 0 Å². The van der Waals surface area contributed by atoms with E-state index in [0.29, 0.717) is 6.54 Å². The van der Waals surface area contributed by atoms with Crippen LogP contribution in [-0.4, -0.2) is 66.1 Å². The number of likely N-dealkylation sites (N-methyl/N-ethyl adjacent to an activating group) is 1. The SMILES string of the molecule is Cc1c(C)c(NCC(=O)N(C)C2CCN(CCC(=O)O)CC2)c(C)c(C)c1N. The first-order valence-corrected chi connectivity index (χ1v) is 9.93. The van der Waals surface area contributed by atoms with E-state index in [1.54, 1.807) is 0 Å². The zero-order valence-corrected chi connectivity index (χ0v) is 17.8. The first-order valence-electron chi connectivity index (χ1n) is 9.93. The lowest BCUT2D eigenvalue weighted by Crippen LogP contribution is -2.47. The molecule has 156 valence electrons. The molecule has 7 nitrogen and oxygen atoms in total. The maximum Gasteiger partial charge on any atom is 0.304 e. The van der Waals surface area contributed by atoms with Crippen LogP contribution in [0.4, 0.5) is 11.4 Å². The lowest BCUT2D eigenvalue weighted by Gasteiger charge is -2.36. The Morgan fingerprint density at radius 1 is 1.11 bits per heavy atom. The van der Waals surface area contributed by atoms with E-state index in [9.17, 15) is 9.59 Å². The maximum atomic E-state index is 12.7. The van der Waals surface area contributed by atoms with Crippen LogP contribution in [0.5, 0.6) is 0 Å². The quantitative estimate of drug-likeness (QED) is 0.618. The van der Waals surface area contributed by atoms with Crippen molar-refractivity contribution in [2.45, 2.75) is 53.0 Å². The molecular formula is C21H34N4O3. The van der Waals surface area contributed by atoms with E-state index in [0.717, 1.165) is 59.6 Å². The molecule has 1 fully saturated rings. The number of nitrogen functional groups attached to an aromatic ring is 1. The van der Waals surface area contributed by atoms with Crippen LogP contribution in [0.15, 0.2) is 0 Å². The van der Waals surface area contributed by atoms with Crippen molar-refractivity contribution in [3.63, 3.8) is 0 Å². The molecule has 1 heterocycles. The highest BCUT2D eigenvalue weighted by atomic mass is 16.4. The standard InChI is InChI=1S/C21H34N4O3/c1-13-15(3)21(16(4)14(2)20(13)22)23-12-18(26)24(5)17-6-9-25(10-7-17)11-8-19(27)28/h17,23H,6-12,22H2,1-5H3,(H,27,28). The molecule has 1 aromatic carbocycles. The number of nitrogens with zero attached hydrogens (tertiary/aromatic N) is 2. The molecule has 0 bridgehead atoms. The summed E-state index contributed by atoms with van der Waals surface area (Å²) in [5.41, 5.74) is 12.3. The number of benzene rings is 1. The van der Waals surface area contributed by atoms with Gasteiger partial charge in [0.25, 0.3) is 0 Å². The molecule has 1 saturated heterocycles. The topological polar surface area (TPSA) is 98.9 Å².